The molecule has 0 radical (unpaired) electrons. The molecular formula is C34H46N4O2. The molecule has 1 heterocycles. The van der Waals surface area contributed by atoms with Gasteiger partial charge in [0.2, 0.25) is 5.91 Å². The number of amides is 2. The van der Waals surface area contributed by atoms with E-state index in [4.69, 9.17) is 4.98 Å². The fourth-order valence-corrected chi connectivity index (χ4v) is 6.73. The average molecular weight is 543 g/mol. The van der Waals surface area contributed by atoms with Crippen LogP contribution in [0.5, 0.6) is 0 Å². The molecule has 0 bridgehead atoms. The van der Waals surface area contributed by atoms with E-state index in [1.54, 1.807) is 0 Å². The highest BCUT2D eigenvalue weighted by Crippen LogP contribution is 2.31. The van der Waals surface area contributed by atoms with E-state index in [0.717, 1.165) is 73.8 Å². The highest BCUT2D eigenvalue weighted by Gasteiger charge is 2.33. The molecular weight excluding hydrogens is 496 g/mol. The summed E-state index contributed by atoms with van der Waals surface area (Å²) in [4.78, 5) is 33.7. The molecule has 1 aromatic heterocycles. The van der Waals surface area contributed by atoms with Gasteiger partial charge >= 0.3 is 0 Å². The number of nitrogens with one attached hydrogen (secondary N) is 1. The Balaban J connectivity index is 1.20. The molecule has 40 heavy (non-hydrogen) atoms. The summed E-state index contributed by atoms with van der Waals surface area (Å²) >= 11 is 0. The summed E-state index contributed by atoms with van der Waals surface area (Å²) in [6.45, 7) is 3.07. The lowest BCUT2D eigenvalue weighted by atomic mass is 9.88. The van der Waals surface area contributed by atoms with Gasteiger partial charge in [-0.25, -0.2) is 4.98 Å². The zero-order valence-corrected chi connectivity index (χ0v) is 24.2. The van der Waals surface area contributed by atoms with Crippen LogP contribution in [-0.4, -0.2) is 44.9 Å². The fourth-order valence-electron chi connectivity index (χ4n) is 6.73. The maximum Gasteiger partial charge on any atom is 0.251 e. The van der Waals surface area contributed by atoms with Crippen LogP contribution in [0.25, 0.3) is 11.0 Å². The minimum absolute atomic E-state index is 0.0132. The summed E-state index contributed by atoms with van der Waals surface area (Å²) < 4.78 is 2.19. The Morgan fingerprint density at radius 1 is 0.850 bits per heavy atom. The first kappa shape index (κ1) is 28.4. The molecule has 214 valence electrons. The molecule has 3 aromatic rings. The monoisotopic (exact) mass is 542 g/mol. The molecule has 2 aliphatic carbocycles. The molecule has 1 N–H and O–H groups in total. The predicted molar refractivity (Wildman–Crippen MR) is 161 cm³/mol. The third-order valence-corrected chi connectivity index (χ3v) is 8.93. The van der Waals surface area contributed by atoms with Gasteiger partial charge in [-0.2, -0.15) is 0 Å². The second-order valence-electron chi connectivity index (χ2n) is 11.9. The smallest absolute Gasteiger partial charge is 0.251 e. The van der Waals surface area contributed by atoms with Gasteiger partial charge in [0.15, 0.2) is 0 Å². The standard InChI is InChI=1S/C34H46N4O2/c1-26-20-22-27(23-21-26)34(40)35-24-12-4-9-19-32-36-30-17-10-11-18-31(30)37(32)25-33(39)38(28-13-5-2-6-14-28)29-15-7-3-8-16-29/h10-11,17-18,20-23,28-29H,2-9,12-16,19,24-25H2,1H3,(H,35,40). The van der Waals surface area contributed by atoms with Crippen molar-refractivity contribution in [2.45, 2.75) is 115 Å². The normalized spacial score (nSPS) is 16.7. The molecule has 6 heteroatoms. The van der Waals surface area contributed by atoms with E-state index in [1.165, 1.54) is 38.5 Å². The molecule has 0 unspecified atom stereocenters. The molecule has 2 saturated carbocycles. The summed E-state index contributed by atoms with van der Waals surface area (Å²) in [7, 11) is 0. The molecule has 6 nitrogen and oxygen atoms in total. The summed E-state index contributed by atoms with van der Waals surface area (Å²) in [5.41, 5.74) is 3.89. The van der Waals surface area contributed by atoms with Gasteiger partial charge in [-0.05, 0) is 69.7 Å². The number of carbonyl (C=O) groups is 2. The number of aryl methyl sites for hydroxylation is 2. The molecule has 2 amide bonds. The van der Waals surface area contributed by atoms with Gasteiger partial charge in [0.25, 0.3) is 5.91 Å². The van der Waals surface area contributed by atoms with Crippen molar-refractivity contribution in [3.63, 3.8) is 0 Å². The number of hydrogen-bond acceptors (Lipinski definition) is 3. The highest BCUT2D eigenvalue weighted by atomic mass is 16.2. The van der Waals surface area contributed by atoms with Gasteiger partial charge in [0, 0.05) is 30.6 Å². The zero-order chi connectivity index (χ0) is 27.7. The first-order chi connectivity index (χ1) is 19.6. The van der Waals surface area contributed by atoms with Crippen LogP contribution in [0.15, 0.2) is 48.5 Å². The molecule has 2 aliphatic rings. The van der Waals surface area contributed by atoms with Crippen LogP contribution in [0.4, 0.5) is 0 Å². The number of unbranched alkanes of at least 4 members (excludes halogenated alkanes) is 2. The number of imidazole rings is 1. The average Bonchev–Trinajstić information content (AvgIpc) is 3.33. The van der Waals surface area contributed by atoms with Gasteiger partial charge in [-0.1, -0.05) is 74.8 Å². The molecule has 0 atom stereocenters. The van der Waals surface area contributed by atoms with Gasteiger partial charge in [-0.3, -0.25) is 9.59 Å². The van der Waals surface area contributed by atoms with Crippen molar-refractivity contribution in [1.82, 2.24) is 19.8 Å². The van der Waals surface area contributed by atoms with Crippen molar-refractivity contribution in [3.8, 4) is 0 Å². The van der Waals surface area contributed by atoms with E-state index in [-0.39, 0.29) is 11.8 Å². The number of hydrogen-bond donors (Lipinski definition) is 1. The second kappa shape index (κ2) is 14.0. The molecule has 2 fully saturated rings. The Hall–Kier alpha value is -3.15. The Labute approximate surface area is 239 Å². The molecule has 0 spiro atoms. The van der Waals surface area contributed by atoms with Crippen LogP contribution in [0, 0.1) is 6.92 Å². The van der Waals surface area contributed by atoms with Crippen LogP contribution in [0.1, 0.15) is 105 Å². The number of para-hydroxylation sites is 2. The summed E-state index contributed by atoms with van der Waals surface area (Å²) in [6.07, 6.45) is 15.9. The van der Waals surface area contributed by atoms with E-state index in [9.17, 15) is 9.59 Å². The third-order valence-electron chi connectivity index (χ3n) is 8.93. The van der Waals surface area contributed by atoms with E-state index in [2.05, 4.69) is 26.9 Å². The Bertz CT molecular complexity index is 1230. The van der Waals surface area contributed by atoms with Crippen molar-refractivity contribution in [2.24, 2.45) is 0 Å². The summed E-state index contributed by atoms with van der Waals surface area (Å²) in [5.74, 6) is 1.27. The van der Waals surface area contributed by atoms with Crippen molar-refractivity contribution >= 4 is 22.8 Å². The number of aromatic nitrogens is 2. The largest absolute Gasteiger partial charge is 0.352 e. The SMILES string of the molecule is Cc1ccc(C(=O)NCCCCCc2nc3ccccc3n2CC(=O)N(C2CCCCC2)C2CCCCC2)cc1. The van der Waals surface area contributed by atoms with Crippen molar-refractivity contribution in [3.05, 3.63) is 65.5 Å². The molecule has 0 aliphatic heterocycles. The Kier molecular flexibility index (Phi) is 9.90. The minimum Gasteiger partial charge on any atom is -0.352 e. The van der Waals surface area contributed by atoms with Crippen LogP contribution in [0.3, 0.4) is 0 Å². The van der Waals surface area contributed by atoms with Crippen LogP contribution >= 0.6 is 0 Å². The number of benzene rings is 2. The lowest BCUT2D eigenvalue weighted by Gasteiger charge is -2.42. The van der Waals surface area contributed by atoms with Crippen LogP contribution in [-0.2, 0) is 17.8 Å². The summed E-state index contributed by atoms with van der Waals surface area (Å²) in [6, 6.07) is 16.7. The second-order valence-corrected chi connectivity index (χ2v) is 11.9. The van der Waals surface area contributed by atoms with Gasteiger partial charge in [0.05, 0.1) is 11.0 Å². The van der Waals surface area contributed by atoms with Crippen molar-refractivity contribution in [2.75, 3.05) is 6.54 Å². The zero-order valence-electron chi connectivity index (χ0n) is 24.2. The third kappa shape index (κ3) is 7.13. The Morgan fingerprint density at radius 3 is 2.17 bits per heavy atom. The lowest BCUT2D eigenvalue weighted by Crippen LogP contribution is -2.50. The summed E-state index contributed by atoms with van der Waals surface area (Å²) in [5, 5.41) is 3.04. The molecule has 5 rings (SSSR count). The van der Waals surface area contributed by atoms with E-state index in [1.807, 2.05) is 43.3 Å². The van der Waals surface area contributed by atoms with Crippen LogP contribution < -0.4 is 5.32 Å². The van der Waals surface area contributed by atoms with E-state index >= 15 is 0 Å². The van der Waals surface area contributed by atoms with Gasteiger partial charge < -0.3 is 14.8 Å². The quantitative estimate of drug-likeness (QED) is 0.266. The predicted octanol–water partition coefficient (Wildman–Crippen LogP) is 6.98. The number of fused-ring (bicyclic) bond motifs is 1. The van der Waals surface area contributed by atoms with Gasteiger partial charge in [0.1, 0.15) is 12.4 Å². The van der Waals surface area contributed by atoms with Crippen LogP contribution in [0.2, 0.25) is 0 Å². The topological polar surface area (TPSA) is 67.2 Å². The first-order valence-electron chi connectivity index (χ1n) is 15.7. The number of carbonyl (C=O) groups excluding carboxylic acids is 2. The van der Waals surface area contributed by atoms with Crippen molar-refractivity contribution in [1.29, 1.82) is 0 Å². The maximum atomic E-state index is 14.1. The molecule has 2 aromatic carbocycles. The van der Waals surface area contributed by atoms with E-state index in [0.29, 0.717) is 30.7 Å². The fraction of sp³-hybridized carbons (Fsp3) is 0.559. The van der Waals surface area contributed by atoms with E-state index < -0.39 is 0 Å². The lowest BCUT2D eigenvalue weighted by molar-refractivity contribution is -0.138. The number of rotatable bonds is 11. The maximum absolute atomic E-state index is 14.1. The highest BCUT2D eigenvalue weighted by molar-refractivity contribution is 5.94. The molecule has 0 saturated heterocycles. The minimum atomic E-state index is -0.0132. The Morgan fingerprint density at radius 2 is 1.50 bits per heavy atom. The number of nitrogens with zero attached hydrogens (tertiary/aromatic N) is 3. The van der Waals surface area contributed by atoms with Crippen molar-refractivity contribution < 1.29 is 9.59 Å². The first-order valence-corrected chi connectivity index (χ1v) is 15.7. The van der Waals surface area contributed by atoms with Gasteiger partial charge in [-0.15, -0.1) is 0 Å².